The Bertz CT molecular complexity index is 786. The van der Waals surface area contributed by atoms with E-state index in [1.165, 1.54) is 43.6 Å². The lowest BCUT2D eigenvalue weighted by atomic mass is 10.3. The maximum Gasteiger partial charge on any atom is 0.272 e. The molecule has 8 heteroatoms. The summed E-state index contributed by atoms with van der Waals surface area (Å²) in [5, 5.41) is 0.244. The van der Waals surface area contributed by atoms with E-state index in [0.717, 1.165) is 0 Å². The Hall–Kier alpha value is -1.99. The lowest BCUT2D eigenvalue weighted by molar-refractivity contribution is 0.403. The monoisotopic (exact) mass is 314 g/mol. The van der Waals surface area contributed by atoms with Gasteiger partial charge in [0.15, 0.2) is 0 Å². The third-order valence-electron chi connectivity index (χ3n) is 2.48. The number of nitrogens with one attached hydrogen (secondary N) is 2. The fourth-order valence-corrected chi connectivity index (χ4v) is 3.06. The minimum atomic E-state index is -3.98. The summed E-state index contributed by atoms with van der Waals surface area (Å²) >= 11 is 5.80. The molecule has 1 aromatic heterocycles. The number of halogens is 1. The second-order valence-corrected chi connectivity index (χ2v) is 5.90. The minimum Gasteiger partial charge on any atom is -0.495 e. The quantitative estimate of drug-likeness (QED) is 0.901. The molecule has 0 aliphatic heterocycles. The van der Waals surface area contributed by atoms with E-state index < -0.39 is 15.6 Å². The van der Waals surface area contributed by atoms with Crippen LogP contribution in [0.3, 0.4) is 0 Å². The predicted molar refractivity (Wildman–Crippen MR) is 75.9 cm³/mol. The maximum atomic E-state index is 12.3. The fourth-order valence-electron chi connectivity index (χ4n) is 1.56. The highest BCUT2D eigenvalue weighted by atomic mass is 35.5. The van der Waals surface area contributed by atoms with E-state index in [9.17, 15) is 13.2 Å². The van der Waals surface area contributed by atoms with Crippen LogP contribution in [0.2, 0.25) is 5.02 Å². The van der Waals surface area contributed by atoms with Crippen molar-refractivity contribution >= 4 is 27.3 Å². The van der Waals surface area contributed by atoms with Gasteiger partial charge in [0.05, 0.1) is 7.11 Å². The molecule has 0 radical (unpaired) electrons. The molecule has 0 unspecified atom stereocenters. The summed E-state index contributed by atoms with van der Waals surface area (Å²) in [6.07, 6.45) is 1.40. The molecule has 0 aliphatic rings. The molecule has 6 nitrogen and oxygen atoms in total. The van der Waals surface area contributed by atoms with Crippen LogP contribution in [0.25, 0.3) is 0 Å². The van der Waals surface area contributed by atoms with Gasteiger partial charge < -0.3 is 9.72 Å². The Kier molecular flexibility index (Phi) is 4.01. The van der Waals surface area contributed by atoms with Crippen LogP contribution in [-0.4, -0.2) is 20.5 Å². The van der Waals surface area contributed by atoms with Crippen LogP contribution >= 0.6 is 11.6 Å². The molecule has 20 heavy (non-hydrogen) atoms. The standard InChI is InChI=1S/C12H11ClN2O4S/c1-19-10-5-4-8(13)7-11(10)20(17,18)15-9-3-2-6-14-12(9)16/h2-7,15H,1H3,(H,14,16). The number of hydrogen-bond donors (Lipinski definition) is 2. The van der Waals surface area contributed by atoms with Crippen molar-refractivity contribution < 1.29 is 13.2 Å². The van der Waals surface area contributed by atoms with Crippen molar-refractivity contribution in [2.75, 3.05) is 11.8 Å². The first kappa shape index (κ1) is 14.4. The largest absolute Gasteiger partial charge is 0.495 e. The molecule has 2 aromatic rings. The molecule has 2 N–H and O–H groups in total. The van der Waals surface area contributed by atoms with Crippen molar-refractivity contribution in [3.63, 3.8) is 0 Å². The maximum absolute atomic E-state index is 12.3. The van der Waals surface area contributed by atoms with Gasteiger partial charge in [-0.15, -0.1) is 0 Å². The van der Waals surface area contributed by atoms with Gasteiger partial charge in [-0.25, -0.2) is 8.42 Å². The van der Waals surface area contributed by atoms with Crippen molar-refractivity contribution in [2.45, 2.75) is 4.90 Å². The Morgan fingerprint density at radius 1 is 1.30 bits per heavy atom. The highest BCUT2D eigenvalue weighted by Gasteiger charge is 2.21. The molecule has 0 aliphatic carbocycles. The Morgan fingerprint density at radius 3 is 2.70 bits per heavy atom. The zero-order valence-corrected chi connectivity index (χ0v) is 12.0. The summed E-state index contributed by atoms with van der Waals surface area (Å²) in [5.41, 5.74) is -0.633. The number of aromatic amines is 1. The lowest BCUT2D eigenvalue weighted by Gasteiger charge is -2.11. The van der Waals surface area contributed by atoms with Gasteiger partial charge in [0.2, 0.25) is 0 Å². The lowest BCUT2D eigenvalue weighted by Crippen LogP contribution is -2.20. The van der Waals surface area contributed by atoms with Gasteiger partial charge >= 0.3 is 0 Å². The molecule has 0 spiro atoms. The number of rotatable bonds is 4. The topological polar surface area (TPSA) is 88.3 Å². The van der Waals surface area contributed by atoms with Crippen molar-refractivity contribution in [1.82, 2.24) is 4.98 Å². The summed E-state index contributed by atoms with van der Waals surface area (Å²) < 4.78 is 31.8. The van der Waals surface area contributed by atoms with Crippen LogP contribution in [0, 0.1) is 0 Å². The molecular formula is C12H11ClN2O4S. The van der Waals surface area contributed by atoms with E-state index in [1.807, 2.05) is 0 Å². The van der Waals surface area contributed by atoms with Crippen LogP contribution < -0.4 is 15.0 Å². The number of sulfonamides is 1. The van der Waals surface area contributed by atoms with Crippen molar-refractivity contribution in [3.8, 4) is 5.75 Å². The minimum absolute atomic E-state index is 0.0884. The molecule has 1 aromatic carbocycles. The number of H-pyrrole nitrogens is 1. The SMILES string of the molecule is COc1ccc(Cl)cc1S(=O)(=O)Nc1ccc[nH]c1=O. The van der Waals surface area contributed by atoms with Crippen LogP contribution in [0.4, 0.5) is 5.69 Å². The number of anilines is 1. The summed E-state index contributed by atoms with van der Waals surface area (Å²) in [5.74, 6) is 0.134. The van der Waals surface area contributed by atoms with Gasteiger partial charge in [0.25, 0.3) is 15.6 Å². The Balaban J connectivity index is 2.49. The number of ether oxygens (including phenoxy) is 1. The van der Waals surface area contributed by atoms with E-state index in [2.05, 4.69) is 9.71 Å². The average molecular weight is 315 g/mol. The van der Waals surface area contributed by atoms with Crippen LogP contribution in [0.1, 0.15) is 0 Å². The number of pyridine rings is 1. The summed E-state index contributed by atoms with van der Waals surface area (Å²) in [6.45, 7) is 0. The molecule has 0 amide bonds. The molecule has 0 fully saturated rings. The molecule has 0 saturated heterocycles. The summed E-state index contributed by atoms with van der Waals surface area (Å²) in [4.78, 5) is 13.7. The highest BCUT2D eigenvalue weighted by molar-refractivity contribution is 7.92. The third kappa shape index (κ3) is 2.94. The molecule has 1 heterocycles. The van der Waals surface area contributed by atoms with Crippen molar-refractivity contribution in [1.29, 1.82) is 0 Å². The van der Waals surface area contributed by atoms with Gasteiger partial charge in [-0.05, 0) is 30.3 Å². The third-order valence-corrected chi connectivity index (χ3v) is 4.10. The van der Waals surface area contributed by atoms with E-state index in [0.29, 0.717) is 0 Å². The second-order valence-electron chi connectivity index (χ2n) is 3.81. The van der Waals surface area contributed by atoms with Gasteiger partial charge in [-0.1, -0.05) is 11.6 Å². The molecular weight excluding hydrogens is 304 g/mol. The number of aromatic nitrogens is 1. The average Bonchev–Trinajstić information content (AvgIpc) is 2.41. The Labute approximate surface area is 120 Å². The van der Waals surface area contributed by atoms with E-state index in [1.54, 1.807) is 0 Å². The fraction of sp³-hybridized carbons (Fsp3) is 0.0833. The van der Waals surface area contributed by atoms with Gasteiger partial charge in [-0.2, -0.15) is 0 Å². The second kappa shape index (κ2) is 5.56. The van der Waals surface area contributed by atoms with Crippen LogP contribution in [0.15, 0.2) is 46.2 Å². The zero-order valence-electron chi connectivity index (χ0n) is 10.4. The van der Waals surface area contributed by atoms with Crippen LogP contribution in [-0.2, 0) is 10.0 Å². The van der Waals surface area contributed by atoms with Gasteiger partial charge in [0, 0.05) is 11.2 Å². The number of methoxy groups -OCH3 is 1. The van der Waals surface area contributed by atoms with E-state index in [-0.39, 0.29) is 21.4 Å². The van der Waals surface area contributed by atoms with Gasteiger partial charge in [0.1, 0.15) is 16.3 Å². The smallest absolute Gasteiger partial charge is 0.272 e. The normalized spacial score (nSPS) is 11.1. The first-order valence-corrected chi connectivity index (χ1v) is 7.34. The predicted octanol–water partition coefficient (Wildman–Crippen LogP) is 1.84. The summed E-state index contributed by atoms with van der Waals surface area (Å²) in [6, 6.07) is 7.06. The van der Waals surface area contributed by atoms with E-state index >= 15 is 0 Å². The first-order chi connectivity index (χ1) is 9.44. The van der Waals surface area contributed by atoms with E-state index in [4.69, 9.17) is 16.3 Å². The van der Waals surface area contributed by atoms with Gasteiger partial charge in [-0.3, -0.25) is 9.52 Å². The van der Waals surface area contributed by atoms with Crippen LogP contribution in [0.5, 0.6) is 5.75 Å². The number of hydrogen-bond acceptors (Lipinski definition) is 4. The Morgan fingerprint density at radius 2 is 2.05 bits per heavy atom. The highest BCUT2D eigenvalue weighted by Crippen LogP contribution is 2.28. The van der Waals surface area contributed by atoms with Crippen molar-refractivity contribution in [3.05, 3.63) is 51.9 Å². The first-order valence-electron chi connectivity index (χ1n) is 5.48. The molecule has 2 rings (SSSR count). The zero-order chi connectivity index (χ0) is 14.8. The molecule has 0 bridgehead atoms. The summed E-state index contributed by atoms with van der Waals surface area (Å²) in [7, 11) is -2.64. The van der Waals surface area contributed by atoms with Crippen molar-refractivity contribution in [2.24, 2.45) is 0 Å². The molecule has 106 valence electrons. The molecule has 0 saturated carbocycles. The molecule has 0 atom stereocenters. The number of benzene rings is 1.